The molecule has 2 N–H and O–H groups in total. The second kappa shape index (κ2) is 9.15. The van der Waals surface area contributed by atoms with E-state index in [2.05, 4.69) is 10.6 Å². The van der Waals surface area contributed by atoms with E-state index in [0.29, 0.717) is 17.2 Å². The lowest BCUT2D eigenvalue weighted by atomic mass is 10.1. The molecule has 3 aromatic carbocycles. The van der Waals surface area contributed by atoms with Gasteiger partial charge in [0, 0.05) is 22.5 Å². The highest BCUT2D eigenvalue weighted by Gasteiger charge is 2.07. The van der Waals surface area contributed by atoms with Gasteiger partial charge in [-0.2, -0.15) is 0 Å². The third kappa shape index (κ3) is 5.18. The van der Waals surface area contributed by atoms with Gasteiger partial charge in [-0.15, -0.1) is 0 Å². The molecule has 0 spiro atoms. The number of ether oxygens (including phenoxy) is 2. The Morgan fingerprint density at radius 3 is 2.21 bits per heavy atom. The van der Waals surface area contributed by atoms with Crippen LogP contribution in [0.15, 0.2) is 66.7 Å². The number of hydrogen-bond acceptors (Lipinski definition) is 4. The standard InChI is InChI=1S/C22H21ClN2O3/c1-27-19-11-12-20(21(14-19)28-2)24-17-7-9-18(10-8-17)25-22(26)13-15-3-5-16(23)6-4-15/h3-12,14,24H,13H2,1-2H3,(H,25,26). The first-order valence-corrected chi connectivity index (χ1v) is 9.08. The maximum atomic E-state index is 12.2. The molecule has 0 unspecified atom stereocenters. The number of hydrogen-bond donors (Lipinski definition) is 2. The monoisotopic (exact) mass is 396 g/mol. The molecule has 0 saturated carbocycles. The molecule has 0 atom stereocenters. The van der Waals surface area contributed by atoms with Crippen molar-refractivity contribution < 1.29 is 14.3 Å². The Kier molecular flexibility index (Phi) is 6.40. The molecule has 0 bridgehead atoms. The molecule has 0 fully saturated rings. The number of rotatable bonds is 7. The van der Waals surface area contributed by atoms with Gasteiger partial charge in [0.2, 0.25) is 5.91 Å². The molecule has 0 aliphatic rings. The van der Waals surface area contributed by atoms with Gasteiger partial charge >= 0.3 is 0 Å². The summed E-state index contributed by atoms with van der Waals surface area (Å²) in [6, 6.07) is 20.3. The predicted molar refractivity (Wildman–Crippen MR) is 113 cm³/mol. The molecule has 3 rings (SSSR count). The molecule has 0 radical (unpaired) electrons. The smallest absolute Gasteiger partial charge is 0.228 e. The normalized spacial score (nSPS) is 10.2. The van der Waals surface area contributed by atoms with Crippen LogP contribution >= 0.6 is 11.6 Å². The average molecular weight is 397 g/mol. The van der Waals surface area contributed by atoms with Gasteiger partial charge in [0.15, 0.2) is 0 Å². The minimum absolute atomic E-state index is 0.0835. The Balaban J connectivity index is 1.62. The number of carbonyl (C=O) groups excluding carboxylic acids is 1. The number of nitrogens with one attached hydrogen (secondary N) is 2. The summed E-state index contributed by atoms with van der Waals surface area (Å²) in [4.78, 5) is 12.2. The van der Waals surface area contributed by atoms with E-state index in [4.69, 9.17) is 21.1 Å². The topological polar surface area (TPSA) is 59.6 Å². The fourth-order valence-corrected chi connectivity index (χ4v) is 2.81. The van der Waals surface area contributed by atoms with Gasteiger partial charge in [0.05, 0.1) is 26.3 Å². The van der Waals surface area contributed by atoms with Gasteiger partial charge in [-0.3, -0.25) is 4.79 Å². The molecular weight excluding hydrogens is 376 g/mol. The molecule has 0 aliphatic heterocycles. The maximum absolute atomic E-state index is 12.2. The second-order valence-corrected chi connectivity index (χ2v) is 6.56. The summed E-state index contributed by atoms with van der Waals surface area (Å²) in [7, 11) is 3.22. The quantitative estimate of drug-likeness (QED) is 0.570. The highest BCUT2D eigenvalue weighted by molar-refractivity contribution is 6.30. The number of benzene rings is 3. The van der Waals surface area contributed by atoms with Crippen molar-refractivity contribution in [2.75, 3.05) is 24.9 Å². The molecular formula is C22H21ClN2O3. The summed E-state index contributed by atoms with van der Waals surface area (Å²) in [5.74, 6) is 1.32. The van der Waals surface area contributed by atoms with Crippen LogP contribution in [0, 0.1) is 0 Å². The lowest BCUT2D eigenvalue weighted by molar-refractivity contribution is -0.115. The van der Waals surface area contributed by atoms with Crippen molar-refractivity contribution >= 4 is 34.6 Å². The first-order valence-electron chi connectivity index (χ1n) is 8.71. The number of methoxy groups -OCH3 is 2. The van der Waals surface area contributed by atoms with Crippen LogP contribution in [0.1, 0.15) is 5.56 Å². The van der Waals surface area contributed by atoms with Crippen LogP contribution in [-0.4, -0.2) is 20.1 Å². The van der Waals surface area contributed by atoms with Gasteiger partial charge in [-0.05, 0) is 54.1 Å². The van der Waals surface area contributed by atoms with Gasteiger partial charge in [0.1, 0.15) is 11.5 Å². The molecule has 5 nitrogen and oxygen atoms in total. The van der Waals surface area contributed by atoms with E-state index in [9.17, 15) is 4.79 Å². The van der Waals surface area contributed by atoms with Crippen LogP contribution in [0.2, 0.25) is 5.02 Å². The summed E-state index contributed by atoms with van der Waals surface area (Å²) in [5.41, 5.74) is 3.33. The Labute approximate surface area is 169 Å². The van der Waals surface area contributed by atoms with Crippen molar-refractivity contribution in [3.05, 3.63) is 77.3 Å². The maximum Gasteiger partial charge on any atom is 0.228 e. The minimum atomic E-state index is -0.0835. The molecule has 6 heteroatoms. The molecule has 28 heavy (non-hydrogen) atoms. The Hall–Kier alpha value is -3.18. The Morgan fingerprint density at radius 2 is 1.57 bits per heavy atom. The van der Waals surface area contributed by atoms with E-state index in [1.54, 1.807) is 26.4 Å². The third-order valence-electron chi connectivity index (χ3n) is 4.13. The molecule has 1 amide bonds. The van der Waals surface area contributed by atoms with Gasteiger partial charge in [-0.25, -0.2) is 0 Å². The fraction of sp³-hybridized carbons (Fsp3) is 0.136. The van der Waals surface area contributed by atoms with E-state index in [1.807, 2.05) is 54.6 Å². The van der Waals surface area contributed by atoms with Crippen LogP contribution in [-0.2, 0) is 11.2 Å². The van der Waals surface area contributed by atoms with Crippen molar-refractivity contribution in [3.8, 4) is 11.5 Å². The largest absolute Gasteiger partial charge is 0.497 e. The highest BCUT2D eigenvalue weighted by Crippen LogP contribution is 2.31. The SMILES string of the molecule is COc1ccc(Nc2ccc(NC(=O)Cc3ccc(Cl)cc3)cc2)c(OC)c1. The Morgan fingerprint density at radius 1 is 0.893 bits per heavy atom. The van der Waals surface area contributed by atoms with E-state index in [1.165, 1.54) is 0 Å². The van der Waals surface area contributed by atoms with Crippen LogP contribution in [0.5, 0.6) is 11.5 Å². The molecule has 0 aliphatic carbocycles. The van der Waals surface area contributed by atoms with Crippen molar-refractivity contribution in [2.45, 2.75) is 6.42 Å². The van der Waals surface area contributed by atoms with Crippen LogP contribution in [0.3, 0.4) is 0 Å². The fourth-order valence-electron chi connectivity index (χ4n) is 2.69. The van der Waals surface area contributed by atoms with E-state index >= 15 is 0 Å². The molecule has 0 heterocycles. The third-order valence-corrected chi connectivity index (χ3v) is 4.39. The summed E-state index contributed by atoms with van der Waals surface area (Å²) >= 11 is 5.86. The molecule has 144 valence electrons. The molecule has 0 saturated heterocycles. The zero-order chi connectivity index (χ0) is 19.9. The highest BCUT2D eigenvalue weighted by atomic mass is 35.5. The Bertz CT molecular complexity index is 941. The van der Waals surface area contributed by atoms with Gasteiger partial charge in [-0.1, -0.05) is 23.7 Å². The summed E-state index contributed by atoms with van der Waals surface area (Å²) in [5, 5.41) is 6.84. The molecule has 3 aromatic rings. The van der Waals surface area contributed by atoms with Crippen molar-refractivity contribution in [3.63, 3.8) is 0 Å². The van der Waals surface area contributed by atoms with E-state index in [0.717, 1.165) is 28.4 Å². The first kappa shape index (κ1) is 19.6. The number of anilines is 3. The second-order valence-electron chi connectivity index (χ2n) is 6.12. The van der Waals surface area contributed by atoms with Crippen LogP contribution in [0.4, 0.5) is 17.1 Å². The lowest BCUT2D eigenvalue weighted by Crippen LogP contribution is -2.14. The van der Waals surface area contributed by atoms with E-state index < -0.39 is 0 Å². The zero-order valence-corrected chi connectivity index (χ0v) is 16.4. The lowest BCUT2D eigenvalue weighted by Gasteiger charge is -2.13. The van der Waals surface area contributed by atoms with Crippen molar-refractivity contribution in [1.29, 1.82) is 0 Å². The number of halogens is 1. The van der Waals surface area contributed by atoms with Crippen molar-refractivity contribution in [2.24, 2.45) is 0 Å². The van der Waals surface area contributed by atoms with Crippen LogP contribution in [0.25, 0.3) is 0 Å². The van der Waals surface area contributed by atoms with Gasteiger partial charge < -0.3 is 20.1 Å². The van der Waals surface area contributed by atoms with E-state index in [-0.39, 0.29) is 5.91 Å². The average Bonchev–Trinajstić information content (AvgIpc) is 2.71. The van der Waals surface area contributed by atoms with Gasteiger partial charge in [0.25, 0.3) is 0 Å². The minimum Gasteiger partial charge on any atom is -0.497 e. The summed E-state index contributed by atoms with van der Waals surface area (Å²) < 4.78 is 10.6. The van der Waals surface area contributed by atoms with Crippen molar-refractivity contribution in [1.82, 2.24) is 0 Å². The zero-order valence-electron chi connectivity index (χ0n) is 15.7. The number of carbonyl (C=O) groups is 1. The number of amides is 1. The molecule has 0 aromatic heterocycles. The summed E-state index contributed by atoms with van der Waals surface area (Å²) in [6.07, 6.45) is 0.292. The summed E-state index contributed by atoms with van der Waals surface area (Å²) in [6.45, 7) is 0. The first-order chi connectivity index (χ1) is 13.6. The van der Waals surface area contributed by atoms with Crippen LogP contribution < -0.4 is 20.1 Å². The predicted octanol–water partition coefficient (Wildman–Crippen LogP) is 5.28.